The van der Waals surface area contributed by atoms with Crippen LogP contribution in [0.4, 0.5) is 5.69 Å². The quantitative estimate of drug-likeness (QED) is 0.757. The predicted octanol–water partition coefficient (Wildman–Crippen LogP) is 2.86. The van der Waals surface area contributed by atoms with Crippen LogP contribution >= 0.6 is 0 Å². The van der Waals surface area contributed by atoms with E-state index in [0.29, 0.717) is 16.8 Å². The van der Waals surface area contributed by atoms with Crippen molar-refractivity contribution in [1.29, 1.82) is 0 Å². The Balaban J connectivity index is 1.30. The van der Waals surface area contributed by atoms with E-state index in [1.54, 1.807) is 30.3 Å². The van der Waals surface area contributed by atoms with Gasteiger partial charge in [0.25, 0.3) is 11.8 Å². The van der Waals surface area contributed by atoms with Crippen molar-refractivity contribution in [2.24, 2.45) is 0 Å². The normalized spacial score (nSPS) is 14.9. The fraction of sp³-hybridized carbons (Fsp3) is 0.318. The van der Waals surface area contributed by atoms with Crippen LogP contribution in [0.15, 0.2) is 42.5 Å². The minimum absolute atomic E-state index is 0.151. The van der Waals surface area contributed by atoms with Crippen molar-refractivity contribution in [1.82, 2.24) is 5.32 Å². The molecule has 2 amide bonds. The highest BCUT2D eigenvalue weighted by Crippen LogP contribution is 2.23. The first-order valence-electron chi connectivity index (χ1n) is 9.58. The second kappa shape index (κ2) is 7.84. The van der Waals surface area contributed by atoms with Crippen LogP contribution in [0.2, 0.25) is 0 Å². The third kappa shape index (κ3) is 4.39. The van der Waals surface area contributed by atoms with E-state index in [9.17, 15) is 14.4 Å². The van der Waals surface area contributed by atoms with E-state index in [4.69, 9.17) is 4.74 Å². The maximum Gasteiger partial charge on any atom is 0.338 e. The van der Waals surface area contributed by atoms with Crippen LogP contribution in [-0.4, -0.2) is 30.4 Å². The van der Waals surface area contributed by atoms with E-state index in [1.165, 1.54) is 11.1 Å². The fourth-order valence-electron chi connectivity index (χ4n) is 3.34. The summed E-state index contributed by atoms with van der Waals surface area (Å²) in [5, 5.41) is 5.56. The molecule has 1 saturated carbocycles. The Morgan fingerprint density at radius 2 is 1.79 bits per heavy atom. The lowest BCUT2D eigenvalue weighted by Gasteiger charge is -2.09. The summed E-state index contributed by atoms with van der Waals surface area (Å²) < 4.78 is 5.13. The number of anilines is 1. The molecule has 0 atom stereocenters. The molecule has 0 aromatic heterocycles. The van der Waals surface area contributed by atoms with Gasteiger partial charge in [-0.25, -0.2) is 4.79 Å². The lowest BCUT2D eigenvalue weighted by molar-refractivity contribution is -0.119. The van der Waals surface area contributed by atoms with Gasteiger partial charge in [0.05, 0.1) is 5.56 Å². The van der Waals surface area contributed by atoms with Gasteiger partial charge in [-0.1, -0.05) is 12.1 Å². The number of ether oxygens (including phenoxy) is 1. The molecule has 2 N–H and O–H groups in total. The zero-order valence-corrected chi connectivity index (χ0v) is 15.5. The van der Waals surface area contributed by atoms with Crippen LogP contribution in [0.5, 0.6) is 0 Å². The zero-order chi connectivity index (χ0) is 19.5. The highest BCUT2D eigenvalue weighted by molar-refractivity contribution is 5.98. The van der Waals surface area contributed by atoms with Gasteiger partial charge < -0.3 is 15.4 Å². The Kier molecular flexibility index (Phi) is 5.10. The molecule has 0 radical (unpaired) electrons. The van der Waals surface area contributed by atoms with E-state index < -0.39 is 11.9 Å². The number of carbonyl (C=O) groups is 3. The third-order valence-corrected chi connectivity index (χ3v) is 4.99. The highest BCUT2D eigenvalue weighted by atomic mass is 16.5. The Labute approximate surface area is 163 Å². The summed E-state index contributed by atoms with van der Waals surface area (Å²) in [6.45, 7) is -0.381. The van der Waals surface area contributed by atoms with Crippen molar-refractivity contribution in [3.8, 4) is 0 Å². The van der Waals surface area contributed by atoms with Gasteiger partial charge >= 0.3 is 5.97 Å². The highest BCUT2D eigenvalue weighted by Gasteiger charge is 2.24. The van der Waals surface area contributed by atoms with Crippen LogP contribution in [0.1, 0.15) is 51.1 Å². The average molecular weight is 378 g/mol. The summed E-state index contributed by atoms with van der Waals surface area (Å²) in [6.07, 6.45) is 5.15. The Bertz CT molecular complexity index is 934. The minimum Gasteiger partial charge on any atom is -0.452 e. The summed E-state index contributed by atoms with van der Waals surface area (Å²) in [5.41, 5.74) is 3.90. The first-order chi connectivity index (χ1) is 13.6. The monoisotopic (exact) mass is 378 g/mol. The molecule has 0 unspecified atom stereocenters. The van der Waals surface area contributed by atoms with Gasteiger partial charge in [0, 0.05) is 17.3 Å². The molecule has 2 aliphatic carbocycles. The second-order valence-electron chi connectivity index (χ2n) is 7.29. The third-order valence-electron chi connectivity index (χ3n) is 4.99. The van der Waals surface area contributed by atoms with Gasteiger partial charge in [0.2, 0.25) is 0 Å². The van der Waals surface area contributed by atoms with Crippen molar-refractivity contribution in [3.05, 3.63) is 64.7 Å². The molecule has 0 bridgehead atoms. The molecule has 0 saturated heterocycles. The number of esters is 1. The molecule has 2 aliphatic rings. The molecule has 144 valence electrons. The Morgan fingerprint density at radius 1 is 0.964 bits per heavy atom. The van der Waals surface area contributed by atoms with Gasteiger partial charge in [-0.15, -0.1) is 0 Å². The average Bonchev–Trinajstić information content (AvgIpc) is 3.38. The number of carbonyl (C=O) groups excluding carboxylic acids is 3. The summed E-state index contributed by atoms with van der Waals surface area (Å²) in [4.78, 5) is 36.4. The molecule has 0 heterocycles. The van der Waals surface area contributed by atoms with Crippen LogP contribution in [-0.2, 0) is 22.4 Å². The van der Waals surface area contributed by atoms with Crippen molar-refractivity contribution in [2.75, 3.05) is 11.9 Å². The number of amides is 2. The van der Waals surface area contributed by atoms with E-state index in [-0.39, 0.29) is 18.6 Å². The van der Waals surface area contributed by atoms with E-state index in [0.717, 1.165) is 32.1 Å². The zero-order valence-electron chi connectivity index (χ0n) is 15.5. The molecule has 28 heavy (non-hydrogen) atoms. The topological polar surface area (TPSA) is 84.5 Å². The van der Waals surface area contributed by atoms with Crippen molar-refractivity contribution in [3.63, 3.8) is 0 Å². The first-order valence-corrected chi connectivity index (χ1v) is 9.58. The number of nitrogens with one attached hydrogen (secondary N) is 2. The summed E-state index contributed by atoms with van der Waals surface area (Å²) in [6, 6.07) is 12.5. The molecular weight excluding hydrogens is 356 g/mol. The maximum atomic E-state index is 12.2. The molecule has 0 spiro atoms. The Morgan fingerprint density at radius 3 is 2.61 bits per heavy atom. The summed E-state index contributed by atoms with van der Waals surface area (Å²) >= 11 is 0. The van der Waals surface area contributed by atoms with E-state index in [2.05, 4.69) is 10.6 Å². The second-order valence-corrected chi connectivity index (χ2v) is 7.29. The van der Waals surface area contributed by atoms with E-state index >= 15 is 0 Å². The fourth-order valence-corrected chi connectivity index (χ4v) is 3.34. The van der Waals surface area contributed by atoms with Crippen LogP contribution < -0.4 is 10.6 Å². The van der Waals surface area contributed by atoms with E-state index in [1.807, 2.05) is 12.1 Å². The molecule has 1 fully saturated rings. The number of hydrogen-bond acceptors (Lipinski definition) is 4. The molecule has 6 nitrogen and oxygen atoms in total. The van der Waals surface area contributed by atoms with Crippen LogP contribution in [0, 0.1) is 0 Å². The number of aryl methyl sites for hydroxylation is 2. The maximum absolute atomic E-state index is 12.2. The smallest absolute Gasteiger partial charge is 0.338 e. The summed E-state index contributed by atoms with van der Waals surface area (Å²) in [5.74, 6) is -1.11. The van der Waals surface area contributed by atoms with Gasteiger partial charge in [0.15, 0.2) is 6.61 Å². The van der Waals surface area contributed by atoms with Crippen LogP contribution in [0.3, 0.4) is 0 Å². The number of fused-ring (bicyclic) bond motifs is 1. The molecule has 2 aromatic rings. The standard InChI is InChI=1S/C22H22N2O4/c25-20(13-28-22(27)17-8-7-14-3-1-4-15(14)11-17)23-19-6-2-5-16(12-19)21(26)24-18-9-10-18/h2,5-8,11-12,18H,1,3-4,9-10,13H2,(H,23,25)(H,24,26). The lowest BCUT2D eigenvalue weighted by Crippen LogP contribution is -2.25. The first kappa shape index (κ1) is 18.2. The predicted molar refractivity (Wildman–Crippen MR) is 104 cm³/mol. The van der Waals surface area contributed by atoms with Gasteiger partial charge in [0.1, 0.15) is 0 Å². The molecule has 4 rings (SSSR count). The van der Waals surface area contributed by atoms with Gasteiger partial charge in [-0.2, -0.15) is 0 Å². The summed E-state index contributed by atoms with van der Waals surface area (Å²) in [7, 11) is 0. The SMILES string of the molecule is O=C(COC(=O)c1ccc2c(c1)CCC2)Nc1cccc(C(=O)NC2CC2)c1. The lowest BCUT2D eigenvalue weighted by atomic mass is 10.1. The van der Waals surface area contributed by atoms with Crippen molar-refractivity contribution >= 4 is 23.5 Å². The molecule has 2 aromatic carbocycles. The molecule has 6 heteroatoms. The minimum atomic E-state index is -0.512. The van der Waals surface area contributed by atoms with Crippen molar-refractivity contribution < 1.29 is 19.1 Å². The van der Waals surface area contributed by atoms with Gasteiger partial charge in [-0.05, 0) is 73.6 Å². The van der Waals surface area contributed by atoms with Gasteiger partial charge in [-0.3, -0.25) is 9.59 Å². The van der Waals surface area contributed by atoms with Crippen LogP contribution in [0.25, 0.3) is 0 Å². The Hall–Kier alpha value is -3.15. The van der Waals surface area contributed by atoms with Crippen molar-refractivity contribution in [2.45, 2.75) is 38.1 Å². The number of benzene rings is 2. The number of rotatable bonds is 6. The number of hydrogen-bond donors (Lipinski definition) is 2. The largest absolute Gasteiger partial charge is 0.452 e. The molecule has 0 aliphatic heterocycles. The molecular formula is C22H22N2O4.